The van der Waals surface area contributed by atoms with Gasteiger partial charge in [-0.25, -0.2) is 0 Å². The fourth-order valence-corrected chi connectivity index (χ4v) is 4.54. The molecule has 0 saturated heterocycles. The molecule has 8 heteroatoms. The lowest BCUT2D eigenvalue weighted by molar-refractivity contribution is -0.169. The molecule has 0 aliphatic heterocycles. The maximum atomic E-state index is 13.1. The van der Waals surface area contributed by atoms with Crippen LogP contribution in [-0.2, 0) is 21.5 Å². The van der Waals surface area contributed by atoms with Crippen molar-refractivity contribution in [1.29, 1.82) is 5.26 Å². The Labute approximate surface area is 185 Å². The molecule has 0 N–H and O–H groups in total. The smallest absolute Gasteiger partial charge is 0.303 e. The number of benzene rings is 1. The number of amides is 1. The van der Waals surface area contributed by atoms with Crippen LogP contribution in [0.3, 0.4) is 0 Å². The van der Waals surface area contributed by atoms with Crippen LogP contribution >= 0.6 is 11.3 Å². The number of aromatic nitrogens is 1. The zero-order valence-electron chi connectivity index (χ0n) is 18.5. The first-order chi connectivity index (χ1) is 14.6. The maximum absolute atomic E-state index is 13.1. The highest BCUT2D eigenvalue weighted by atomic mass is 32.1. The van der Waals surface area contributed by atoms with E-state index >= 15 is 0 Å². The van der Waals surface area contributed by atoms with Gasteiger partial charge in [0.15, 0.2) is 4.80 Å². The van der Waals surface area contributed by atoms with Crippen LogP contribution in [0.4, 0.5) is 0 Å². The van der Waals surface area contributed by atoms with E-state index in [0.29, 0.717) is 22.7 Å². The van der Waals surface area contributed by atoms with Gasteiger partial charge in [-0.15, -0.1) is 11.3 Å². The third-order valence-electron chi connectivity index (χ3n) is 5.30. The van der Waals surface area contributed by atoms with Crippen molar-refractivity contribution in [2.24, 2.45) is 4.99 Å². The quantitative estimate of drug-likeness (QED) is 0.655. The lowest BCUT2D eigenvalue weighted by Crippen LogP contribution is -2.46. The fraction of sp³-hybridized carbons (Fsp3) is 0.478. The third kappa shape index (κ3) is 5.05. The molecule has 0 bridgehead atoms. The molecule has 31 heavy (non-hydrogen) atoms. The Bertz CT molecular complexity index is 1110. The van der Waals surface area contributed by atoms with Crippen LogP contribution in [-0.4, -0.2) is 29.2 Å². The molecule has 1 aliphatic rings. The summed E-state index contributed by atoms with van der Waals surface area (Å²) in [5, 5.41) is 9.19. The average molecular weight is 442 g/mol. The normalized spacial score (nSPS) is 15.7. The number of thiazole rings is 1. The van der Waals surface area contributed by atoms with Gasteiger partial charge in [0.2, 0.25) is 0 Å². The number of methoxy groups -OCH3 is 1. The van der Waals surface area contributed by atoms with E-state index in [1.54, 1.807) is 12.1 Å². The van der Waals surface area contributed by atoms with Crippen LogP contribution in [0.2, 0.25) is 0 Å². The van der Waals surface area contributed by atoms with Gasteiger partial charge in [-0.3, -0.25) is 9.59 Å². The molecule has 3 rings (SSSR count). The zero-order valence-corrected chi connectivity index (χ0v) is 19.3. The predicted molar refractivity (Wildman–Crippen MR) is 117 cm³/mol. The SMILES string of the molecule is COc1ccc(C#N)cc1C(=O)/N=c1\sc(C(C)(C)C)cn1CC1(OC(C)=O)CCC1. The Morgan fingerprint density at radius 3 is 2.55 bits per heavy atom. The number of carbonyl (C=O) groups excluding carboxylic acids is 2. The van der Waals surface area contributed by atoms with Crippen LogP contribution in [0.5, 0.6) is 5.75 Å². The van der Waals surface area contributed by atoms with Crippen molar-refractivity contribution >= 4 is 23.2 Å². The lowest BCUT2D eigenvalue weighted by atomic mass is 9.80. The Morgan fingerprint density at radius 2 is 2.03 bits per heavy atom. The maximum Gasteiger partial charge on any atom is 0.303 e. The molecular weight excluding hydrogens is 414 g/mol. The van der Waals surface area contributed by atoms with E-state index in [9.17, 15) is 14.9 Å². The number of nitrogens with zero attached hydrogens (tertiary/aromatic N) is 3. The standard InChI is InChI=1S/C23H27N3O4S/c1-15(27)30-23(9-6-10-23)14-26-13-19(22(2,3)4)31-21(26)25-20(28)17-11-16(12-24)7-8-18(17)29-5/h7-8,11,13H,6,9-10,14H2,1-5H3/b25-21-. The monoisotopic (exact) mass is 441 g/mol. The third-order valence-corrected chi connectivity index (χ3v) is 6.74. The molecule has 1 aromatic heterocycles. The minimum Gasteiger partial charge on any atom is -0.496 e. The van der Waals surface area contributed by atoms with E-state index in [1.807, 2.05) is 16.8 Å². The van der Waals surface area contributed by atoms with Crippen molar-refractivity contribution in [2.45, 2.75) is 64.5 Å². The highest BCUT2D eigenvalue weighted by Crippen LogP contribution is 2.37. The molecule has 0 atom stereocenters. The number of ether oxygens (including phenoxy) is 2. The topological polar surface area (TPSA) is 93.7 Å². The predicted octanol–water partition coefficient (Wildman–Crippen LogP) is 3.95. The van der Waals surface area contributed by atoms with Crippen molar-refractivity contribution in [3.05, 3.63) is 45.2 Å². The number of esters is 1. The summed E-state index contributed by atoms with van der Waals surface area (Å²) < 4.78 is 12.8. The van der Waals surface area contributed by atoms with Gasteiger partial charge in [0, 0.05) is 18.0 Å². The van der Waals surface area contributed by atoms with E-state index in [2.05, 4.69) is 25.8 Å². The van der Waals surface area contributed by atoms with Gasteiger partial charge in [-0.2, -0.15) is 10.3 Å². The molecule has 7 nitrogen and oxygen atoms in total. The molecule has 0 unspecified atom stereocenters. The molecule has 164 valence electrons. The van der Waals surface area contributed by atoms with E-state index in [-0.39, 0.29) is 16.9 Å². The van der Waals surface area contributed by atoms with E-state index < -0.39 is 11.5 Å². The Hall–Kier alpha value is -2.92. The number of hydrogen-bond donors (Lipinski definition) is 0. The molecule has 1 saturated carbocycles. The Kier molecular flexibility index (Phi) is 6.37. The number of carbonyl (C=O) groups is 2. The molecule has 1 fully saturated rings. The second-order valence-electron chi connectivity index (χ2n) is 8.83. The number of hydrogen-bond acceptors (Lipinski definition) is 6. The van der Waals surface area contributed by atoms with Gasteiger partial charge in [0.25, 0.3) is 5.91 Å². The summed E-state index contributed by atoms with van der Waals surface area (Å²) in [6.45, 7) is 8.15. The summed E-state index contributed by atoms with van der Waals surface area (Å²) in [6.07, 6.45) is 4.55. The van der Waals surface area contributed by atoms with Crippen LogP contribution < -0.4 is 9.54 Å². The highest BCUT2D eigenvalue weighted by molar-refractivity contribution is 7.09. The van der Waals surface area contributed by atoms with Crippen molar-refractivity contribution < 1.29 is 19.1 Å². The van der Waals surface area contributed by atoms with Crippen LogP contribution in [0.15, 0.2) is 29.4 Å². The average Bonchev–Trinajstić information content (AvgIpc) is 3.07. The fourth-order valence-electron chi connectivity index (χ4n) is 3.50. The number of rotatable bonds is 5. The minimum absolute atomic E-state index is 0.129. The summed E-state index contributed by atoms with van der Waals surface area (Å²) in [5.74, 6) is -0.429. The lowest BCUT2D eigenvalue weighted by Gasteiger charge is -2.40. The molecule has 0 spiro atoms. The summed E-state index contributed by atoms with van der Waals surface area (Å²) in [6, 6.07) is 6.71. The van der Waals surface area contributed by atoms with Gasteiger partial charge >= 0.3 is 5.97 Å². The van der Waals surface area contributed by atoms with Crippen LogP contribution in [0, 0.1) is 11.3 Å². The van der Waals surface area contributed by atoms with Crippen molar-refractivity contribution in [3.63, 3.8) is 0 Å². The first-order valence-electron chi connectivity index (χ1n) is 10.1. The summed E-state index contributed by atoms with van der Waals surface area (Å²) in [4.78, 5) is 30.7. The molecule has 0 radical (unpaired) electrons. The van der Waals surface area contributed by atoms with Gasteiger partial charge in [-0.05, 0) is 42.9 Å². The zero-order chi connectivity index (χ0) is 22.8. The Morgan fingerprint density at radius 1 is 1.32 bits per heavy atom. The van der Waals surface area contributed by atoms with Gasteiger partial charge in [0.05, 0.1) is 30.9 Å². The molecule has 1 amide bonds. The molecule has 1 aromatic carbocycles. The molecular formula is C23H27N3O4S. The van der Waals surface area contributed by atoms with Crippen LogP contribution in [0.1, 0.15) is 67.8 Å². The summed E-state index contributed by atoms with van der Waals surface area (Å²) >= 11 is 1.44. The summed E-state index contributed by atoms with van der Waals surface area (Å²) in [7, 11) is 1.47. The van der Waals surface area contributed by atoms with E-state index in [0.717, 1.165) is 24.1 Å². The number of nitriles is 1. The van der Waals surface area contributed by atoms with Gasteiger partial charge in [-0.1, -0.05) is 20.8 Å². The van der Waals surface area contributed by atoms with Crippen molar-refractivity contribution in [2.75, 3.05) is 7.11 Å². The van der Waals surface area contributed by atoms with Crippen LogP contribution in [0.25, 0.3) is 0 Å². The van der Waals surface area contributed by atoms with Gasteiger partial charge in [0.1, 0.15) is 11.4 Å². The minimum atomic E-state index is -0.557. The second kappa shape index (κ2) is 8.67. The molecule has 1 heterocycles. The first-order valence-corrected chi connectivity index (χ1v) is 11.0. The van der Waals surface area contributed by atoms with Gasteiger partial charge < -0.3 is 14.0 Å². The van der Waals surface area contributed by atoms with E-state index in [4.69, 9.17) is 9.47 Å². The highest BCUT2D eigenvalue weighted by Gasteiger charge is 2.41. The molecule has 1 aliphatic carbocycles. The second-order valence-corrected chi connectivity index (χ2v) is 9.84. The summed E-state index contributed by atoms with van der Waals surface area (Å²) in [5.41, 5.74) is -0.0943. The Balaban J connectivity index is 2.07. The largest absolute Gasteiger partial charge is 0.496 e. The van der Waals surface area contributed by atoms with Crippen molar-refractivity contribution in [1.82, 2.24) is 4.57 Å². The van der Waals surface area contributed by atoms with E-state index in [1.165, 1.54) is 31.4 Å². The molecule has 2 aromatic rings. The van der Waals surface area contributed by atoms with Crippen molar-refractivity contribution in [3.8, 4) is 11.8 Å². The first kappa shape index (κ1) is 22.8.